The number of hydrogen-bond acceptors (Lipinski definition) is 1. The van der Waals surface area contributed by atoms with Gasteiger partial charge < -0.3 is 5.32 Å². The Labute approximate surface area is 94.4 Å². The van der Waals surface area contributed by atoms with Gasteiger partial charge in [-0.25, -0.2) is 0 Å². The fourth-order valence-electron chi connectivity index (χ4n) is 0.888. The monoisotopic (exact) mass is 265 g/mol. The Morgan fingerprint density at radius 3 is 1.71 bits per heavy atom. The number of alkyl halides is 6. The Balaban J connectivity index is 5.30. The lowest BCUT2D eigenvalue weighted by Gasteiger charge is -2.33. The molecule has 0 saturated carbocycles. The lowest BCUT2D eigenvalue weighted by atomic mass is 9.87. The molecule has 0 rings (SSSR count). The first-order valence-corrected chi connectivity index (χ1v) is 4.82. The third-order valence-electron chi connectivity index (χ3n) is 2.58. The topological polar surface area (TPSA) is 29.1 Å². The molecule has 1 unspecified atom stereocenters. The summed E-state index contributed by atoms with van der Waals surface area (Å²) in [5.74, 6) is -2.08. The average molecular weight is 265 g/mol. The van der Waals surface area contributed by atoms with Gasteiger partial charge in [0.1, 0.15) is 0 Å². The van der Waals surface area contributed by atoms with Crippen LogP contribution in [-0.2, 0) is 4.79 Å². The van der Waals surface area contributed by atoms with E-state index in [0.717, 1.165) is 0 Å². The summed E-state index contributed by atoms with van der Waals surface area (Å²) in [5, 5.41) is 1.70. The molecule has 8 heteroatoms. The molecule has 0 bridgehead atoms. The van der Waals surface area contributed by atoms with Crippen LogP contribution in [0.5, 0.6) is 0 Å². The highest BCUT2D eigenvalue weighted by Gasteiger charge is 2.72. The largest absolute Gasteiger partial charge is 0.411 e. The smallest absolute Gasteiger partial charge is 0.353 e. The number of carbonyl (C=O) groups excluding carboxylic acids is 1. The van der Waals surface area contributed by atoms with Crippen molar-refractivity contribution in [3.63, 3.8) is 0 Å². The molecule has 0 aliphatic heterocycles. The van der Waals surface area contributed by atoms with E-state index >= 15 is 0 Å². The Morgan fingerprint density at radius 1 is 1.12 bits per heavy atom. The van der Waals surface area contributed by atoms with Crippen LogP contribution in [0.2, 0.25) is 0 Å². The predicted molar refractivity (Wildman–Crippen MR) is 48.1 cm³/mol. The number of rotatable bonds is 3. The molecule has 0 aromatic carbocycles. The van der Waals surface area contributed by atoms with Crippen molar-refractivity contribution in [3.8, 4) is 0 Å². The predicted octanol–water partition coefficient (Wildman–Crippen LogP) is 3.03. The third-order valence-corrected chi connectivity index (χ3v) is 2.58. The molecule has 0 fully saturated rings. The summed E-state index contributed by atoms with van der Waals surface area (Å²) in [5.41, 5.74) is -4.39. The molecule has 0 aromatic rings. The van der Waals surface area contributed by atoms with Crippen molar-refractivity contribution in [2.45, 2.75) is 45.6 Å². The van der Waals surface area contributed by atoms with E-state index in [9.17, 15) is 31.1 Å². The Bertz CT molecular complexity index is 268. The van der Waals surface area contributed by atoms with E-state index in [1.807, 2.05) is 0 Å². The Kier molecular flexibility index (Phi) is 4.47. The second-order valence-corrected chi connectivity index (χ2v) is 3.90. The normalized spacial score (nSPS) is 15.6. The lowest BCUT2D eigenvalue weighted by Crippen LogP contribution is -2.58. The van der Waals surface area contributed by atoms with E-state index < -0.39 is 29.7 Å². The Morgan fingerprint density at radius 2 is 1.47 bits per heavy atom. The molecule has 17 heavy (non-hydrogen) atoms. The first-order valence-electron chi connectivity index (χ1n) is 4.82. The third kappa shape index (κ3) is 3.04. The van der Waals surface area contributed by atoms with Crippen LogP contribution >= 0.6 is 0 Å². The molecule has 0 saturated heterocycles. The molecule has 1 atom stereocenters. The number of carbonyl (C=O) groups is 1. The van der Waals surface area contributed by atoms with Crippen LogP contribution in [0.4, 0.5) is 26.3 Å². The van der Waals surface area contributed by atoms with Crippen LogP contribution in [0, 0.1) is 5.41 Å². The molecule has 0 aromatic heterocycles. The molecule has 1 amide bonds. The number of halogens is 6. The van der Waals surface area contributed by atoms with Gasteiger partial charge in [-0.3, -0.25) is 4.79 Å². The molecule has 0 radical (unpaired) electrons. The van der Waals surface area contributed by atoms with Crippen LogP contribution in [0.1, 0.15) is 27.2 Å². The van der Waals surface area contributed by atoms with Crippen molar-refractivity contribution in [2.24, 2.45) is 5.41 Å². The molecule has 0 aliphatic carbocycles. The molecule has 1 N–H and O–H groups in total. The van der Waals surface area contributed by atoms with Crippen LogP contribution in [0.3, 0.4) is 0 Å². The summed E-state index contributed by atoms with van der Waals surface area (Å²) in [6.07, 6.45) is -11.1. The molecule has 2 nitrogen and oxygen atoms in total. The highest BCUT2D eigenvalue weighted by atomic mass is 19.4. The van der Waals surface area contributed by atoms with Gasteiger partial charge in [-0.15, -0.1) is 0 Å². The average Bonchev–Trinajstić information content (AvgIpc) is 2.12. The van der Waals surface area contributed by atoms with Gasteiger partial charge in [0.15, 0.2) is 0 Å². The van der Waals surface area contributed by atoms with Gasteiger partial charge in [0.2, 0.25) is 11.3 Å². The summed E-state index contributed by atoms with van der Waals surface area (Å²) >= 11 is 0. The highest BCUT2D eigenvalue weighted by molar-refractivity contribution is 5.84. The van der Waals surface area contributed by atoms with E-state index in [2.05, 4.69) is 0 Å². The van der Waals surface area contributed by atoms with Gasteiger partial charge in [-0.2, -0.15) is 26.3 Å². The van der Waals surface area contributed by atoms with Gasteiger partial charge in [0, 0.05) is 6.04 Å². The Hall–Kier alpha value is -0.950. The number of nitrogens with one attached hydrogen (secondary N) is 1. The van der Waals surface area contributed by atoms with Crippen LogP contribution in [0.15, 0.2) is 0 Å². The summed E-state index contributed by atoms with van der Waals surface area (Å²) in [6.45, 7) is 2.69. The van der Waals surface area contributed by atoms with E-state index in [4.69, 9.17) is 0 Å². The second kappa shape index (κ2) is 4.73. The molecule has 0 spiro atoms. The van der Waals surface area contributed by atoms with Gasteiger partial charge >= 0.3 is 12.4 Å². The van der Waals surface area contributed by atoms with Gasteiger partial charge in [-0.05, 0) is 20.3 Å². The van der Waals surface area contributed by atoms with Gasteiger partial charge in [-0.1, -0.05) is 6.92 Å². The zero-order chi connectivity index (χ0) is 14.1. The maximum Gasteiger partial charge on any atom is 0.411 e. The van der Waals surface area contributed by atoms with E-state index in [1.54, 1.807) is 5.32 Å². The fourth-order valence-corrected chi connectivity index (χ4v) is 0.888. The molecular formula is C9H13F6NO. The number of amides is 1. The minimum atomic E-state index is -5.69. The van der Waals surface area contributed by atoms with Crippen molar-refractivity contribution in [3.05, 3.63) is 0 Å². The van der Waals surface area contributed by atoms with E-state index in [-0.39, 0.29) is 13.3 Å². The molecule has 102 valence electrons. The first kappa shape index (κ1) is 16.1. The van der Waals surface area contributed by atoms with Crippen LogP contribution in [-0.4, -0.2) is 24.3 Å². The highest BCUT2D eigenvalue weighted by Crippen LogP contribution is 2.50. The minimum Gasteiger partial charge on any atom is -0.353 e. The first-order chi connectivity index (χ1) is 7.38. The van der Waals surface area contributed by atoms with Gasteiger partial charge in [0.05, 0.1) is 0 Å². The zero-order valence-corrected chi connectivity index (χ0v) is 9.46. The van der Waals surface area contributed by atoms with Crippen molar-refractivity contribution in [2.75, 3.05) is 0 Å². The molecular weight excluding hydrogens is 252 g/mol. The van der Waals surface area contributed by atoms with Crippen molar-refractivity contribution >= 4 is 5.91 Å². The molecule has 0 aliphatic rings. The maximum absolute atomic E-state index is 12.4. The number of hydrogen-bond donors (Lipinski definition) is 1. The zero-order valence-electron chi connectivity index (χ0n) is 9.46. The standard InChI is InChI=1S/C9H13F6NO/c1-4-5(2)16-6(17)7(3,8(10,11)12)9(13,14)15/h5H,4H2,1-3H3,(H,16,17). The minimum absolute atomic E-state index is 0.162. The van der Waals surface area contributed by atoms with E-state index in [1.165, 1.54) is 13.8 Å². The van der Waals surface area contributed by atoms with E-state index in [0.29, 0.717) is 0 Å². The second-order valence-electron chi connectivity index (χ2n) is 3.90. The summed E-state index contributed by atoms with van der Waals surface area (Å²) in [7, 11) is 0. The quantitative estimate of drug-likeness (QED) is 0.781. The summed E-state index contributed by atoms with van der Waals surface area (Å²) < 4.78 is 74.5. The summed E-state index contributed by atoms with van der Waals surface area (Å²) in [4.78, 5) is 11.2. The lowest BCUT2D eigenvalue weighted by molar-refractivity contribution is -0.319. The van der Waals surface area contributed by atoms with Gasteiger partial charge in [0.25, 0.3) is 0 Å². The van der Waals surface area contributed by atoms with Crippen molar-refractivity contribution in [1.82, 2.24) is 5.32 Å². The maximum atomic E-state index is 12.4. The van der Waals surface area contributed by atoms with Crippen LogP contribution < -0.4 is 5.32 Å². The molecule has 0 heterocycles. The summed E-state index contributed by atoms with van der Waals surface area (Å²) in [6, 6.07) is -0.758. The fraction of sp³-hybridized carbons (Fsp3) is 0.889. The van der Waals surface area contributed by atoms with Crippen LogP contribution in [0.25, 0.3) is 0 Å². The SMILES string of the molecule is CCC(C)NC(=O)C(C)(C(F)(F)F)C(F)(F)F. The van der Waals surface area contributed by atoms with Crippen molar-refractivity contribution < 1.29 is 31.1 Å². The van der Waals surface area contributed by atoms with Crippen molar-refractivity contribution in [1.29, 1.82) is 0 Å².